The molecule has 0 amide bonds. The Morgan fingerprint density at radius 3 is 2.96 bits per heavy atom. The van der Waals surface area contributed by atoms with Gasteiger partial charge in [0.1, 0.15) is 5.82 Å². The van der Waals surface area contributed by atoms with E-state index in [1.54, 1.807) is 6.07 Å². The summed E-state index contributed by atoms with van der Waals surface area (Å²) in [6.07, 6.45) is 2.51. The van der Waals surface area contributed by atoms with Gasteiger partial charge in [-0.15, -0.1) is 0 Å². The molecule has 0 radical (unpaired) electrons. The van der Waals surface area contributed by atoms with Crippen molar-refractivity contribution in [1.29, 1.82) is 0 Å². The van der Waals surface area contributed by atoms with Gasteiger partial charge in [0.15, 0.2) is 11.5 Å². The van der Waals surface area contributed by atoms with Crippen molar-refractivity contribution >= 4 is 0 Å². The van der Waals surface area contributed by atoms with Crippen LogP contribution in [0.2, 0.25) is 0 Å². The van der Waals surface area contributed by atoms with E-state index < -0.39 is 0 Å². The molecule has 6 heteroatoms. The highest BCUT2D eigenvalue weighted by molar-refractivity contribution is 5.45. The molecule has 0 atom stereocenters. The Morgan fingerprint density at radius 2 is 2.20 bits per heavy atom. The van der Waals surface area contributed by atoms with Gasteiger partial charge in [-0.25, -0.2) is 4.98 Å². The van der Waals surface area contributed by atoms with Crippen molar-refractivity contribution in [3.8, 4) is 11.5 Å². The lowest BCUT2D eigenvalue weighted by atomic mass is 10.1. The van der Waals surface area contributed by atoms with E-state index in [0.29, 0.717) is 25.4 Å². The maximum absolute atomic E-state index is 12.4. The Hall–Kier alpha value is -2.34. The smallest absolute Gasteiger partial charge is 0.255 e. The molecule has 6 nitrogen and oxygen atoms in total. The maximum atomic E-state index is 12.4. The second-order valence-corrected chi connectivity index (χ2v) is 6.35. The van der Waals surface area contributed by atoms with E-state index in [1.807, 2.05) is 19.1 Å². The van der Waals surface area contributed by atoms with Crippen LogP contribution in [0.4, 0.5) is 0 Å². The molecule has 2 aromatic rings. The highest BCUT2D eigenvalue weighted by Crippen LogP contribution is 2.31. The third kappa shape index (κ3) is 3.85. The van der Waals surface area contributed by atoms with E-state index in [2.05, 4.69) is 21.8 Å². The summed E-state index contributed by atoms with van der Waals surface area (Å²) in [4.78, 5) is 22.0. The average molecular weight is 343 g/mol. The molecule has 0 aliphatic carbocycles. The van der Waals surface area contributed by atoms with Crippen LogP contribution in [0.1, 0.15) is 42.9 Å². The summed E-state index contributed by atoms with van der Waals surface area (Å²) < 4.78 is 5.44. The molecule has 1 aliphatic heterocycles. The molecule has 3 rings (SSSR count). The van der Waals surface area contributed by atoms with E-state index in [1.165, 1.54) is 0 Å². The number of H-pyrrole nitrogens is 1. The van der Waals surface area contributed by atoms with E-state index >= 15 is 0 Å². The highest BCUT2D eigenvalue weighted by Gasteiger charge is 2.22. The molecule has 0 saturated heterocycles. The maximum Gasteiger partial charge on any atom is 0.255 e. The Labute approximate surface area is 147 Å². The van der Waals surface area contributed by atoms with Crippen LogP contribution >= 0.6 is 0 Å². The van der Waals surface area contributed by atoms with E-state index in [4.69, 9.17) is 4.74 Å². The molecule has 25 heavy (non-hydrogen) atoms. The summed E-state index contributed by atoms with van der Waals surface area (Å²) in [5, 5.41) is 10.4. The topological polar surface area (TPSA) is 78.5 Å². The van der Waals surface area contributed by atoms with E-state index in [9.17, 15) is 9.90 Å². The molecule has 0 bridgehead atoms. The first-order chi connectivity index (χ1) is 12.1. The van der Waals surface area contributed by atoms with Crippen molar-refractivity contribution in [3.63, 3.8) is 0 Å². The summed E-state index contributed by atoms with van der Waals surface area (Å²) in [7, 11) is 0. The SMILES string of the molecule is CCCc1nc2c(c(=O)[nH]1)CN(Cc1cccc(OCC)c1O)CC2. The summed E-state index contributed by atoms with van der Waals surface area (Å²) in [5.41, 5.74) is 2.43. The number of aryl methyl sites for hydroxylation is 1. The summed E-state index contributed by atoms with van der Waals surface area (Å²) in [6.45, 7) is 6.40. The number of aromatic nitrogens is 2. The Balaban J connectivity index is 1.78. The third-order valence-electron chi connectivity index (χ3n) is 4.46. The second-order valence-electron chi connectivity index (χ2n) is 6.35. The molecule has 0 fully saturated rings. The van der Waals surface area contributed by atoms with Gasteiger partial charge in [0.25, 0.3) is 5.56 Å². The number of aromatic hydroxyl groups is 1. The zero-order valence-electron chi connectivity index (χ0n) is 14.8. The predicted octanol–water partition coefficient (Wildman–Crippen LogP) is 2.39. The monoisotopic (exact) mass is 343 g/mol. The van der Waals surface area contributed by atoms with Gasteiger partial charge in [-0.1, -0.05) is 19.1 Å². The van der Waals surface area contributed by atoms with Gasteiger partial charge in [-0.2, -0.15) is 0 Å². The molecule has 0 saturated carbocycles. The van der Waals surface area contributed by atoms with Gasteiger partial charge in [-0.3, -0.25) is 9.69 Å². The number of nitrogens with zero attached hydrogens (tertiary/aromatic N) is 2. The molecular weight excluding hydrogens is 318 g/mol. The standard InChI is InChI=1S/C19H25N3O3/c1-3-6-17-20-15-9-10-22(12-14(15)19(24)21-17)11-13-7-5-8-16(18(13)23)25-4-2/h5,7-8,23H,3-4,6,9-12H2,1-2H3,(H,20,21,24). The molecule has 2 heterocycles. The predicted molar refractivity (Wildman–Crippen MR) is 95.9 cm³/mol. The molecule has 1 aliphatic rings. The molecule has 2 N–H and O–H groups in total. The Kier molecular flexibility index (Phi) is 5.38. The normalized spacial score (nSPS) is 14.3. The van der Waals surface area contributed by atoms with Crippen molar-refractivity contribution in [3.05, 3.63) is 51.2 Å². The van der Waals surface area contributed by atoms with Crippen LogP contribution < -0.4 is 10.3 Å². The first kappa shape index (κ1) is 17.5. The minimum absolute atomic E-state index is 0.0366. The van der Waals surface area contributed by atoms with Crippen molar-refractivity contribution in [2.75, 3.05) is 13.2 Å². The fraction of sp³-hybridized carbons (Fsp3) is 0.474. The number of hydrogen-bond acceptors (Lipinski definition) is 5. The molecule has 1 aromatic carbocycles. The highest BCUT2D eigenvalue weighted by atomic mass is 16.5. The molecular formula is C19H25N3O3. The first-order valence-electron chi connectivity index (χ1n) is 8.89. The summed E-state index contributed by atoms with van der Waals surface area (Å²) in [5.74, 6) is 1.46. The lowest BCUT2D eigenvalue weighted by molar-refractivity contribution is 0.236. The summed E-state index contributed by atoms with van der Waals surface area (Å²) in [6, 6.07) is 5.53. The number of nitrogens with one attached hydrogen (secondary N) is 1. The quantitative estimate of drug-likeness (QED) is 0.842. The van der Waals surface area contributed by atoms with Crippen molar-refractivity contribution < 1.29 is 9.84 Å². The minimum Gasteiger partial charge on any atom is -0.504 e. The van der Waals surface area contributed by atoms with Crippen molar-refractivity contribution in [1.82, 2.24) is 14.9 Å². The van der Waals surface area contributed by atoms with Crippen molar-refractivity contribution in [2.24, 2.45) is 0 Å². The third-order valence-corrected chi connectivity index (χ3v) is 4.46. The zero-order valence-corrected chi connectivity index (χ0v) is 14.8. The number of phenols is 1. The van der Waals surface area contributed by atoms with Gasteiger partial charge in [-0.05, 0) is 19.4 Å². The van der Waals surface area contributed by atoms with Crippen LogP contribution in [0.5, 0.6) is 11.5 Å². The zero-order chi connectivity index (χ0) is 17.8. The first-order valence-corrected chi connectivity index (χ1v) is 8.89. The van der Waals surface area contributed by atoms with Crippen LogP contribution in [0.15, 0.2) is 23.0 Å². The van der Waals surface area contributed by atoms with Gasteiger partial charge in [0, 0.05) is 38.0 Å². The van der Waals surface area contributed by atoms with Crippen LogP contribution in [-0.2, 0) is 25.9 Å². The van der Waals surface area contributed by atoms with Gasteiger partial charge >= 0.3 is 0 Å². The number of fused-ring (bicyclic) bond motifs is 1. The van der Waals surface area contributed by atoms with E-state index in [-0.39, 0.29) is 11.3 Å². The molecule has 1 aromatic heterocycles. The lowest BCUT2D eigenvalue weighted by Crippen LogP contribution is -2.35. The van der Waals surface area contributed by atoms with Gasteiger partial charge < -0.3 is 14.8 Å². The van der Waals surface area contributed by atoms with Crippen LogP contribution in [0.3, 0.4) is 0 Å². The minimum atomic E-state index is -0.0366. The van der Waals surface area contributed by atoms with Crippen LogP contribution in [0.25, 0.3) is 0 Å². The number of aromatic amines is 1. The Bertz CT molecular complexity index is 801. The van der Waals surface area contributed by atoms with Crippen LogP contribution in [0, 0.1) is 0 Å². The van der Waals surface area contributed by atoms with Gasteiger partial charge in [0.2, 0.25) is 0 Å². The fourth-order valence-corrected chi connectivity index (χ4v) is 3.23. The molecule has 0 spiro atoms. The van der Waals surface area contributed by atoms with Crippen LogP contribution in [-0.4, -0.2) is 33.1 Å². The Morgan fingerprint density at radius 1 is 1.36 bits per heavy atom. The summed E-state index contributed by atoms with van der Waals surface area (Å²) >= 11 is 0. The van der Waals surface area contributed by atoms with Gasteiger partial charge in [0.05, 0.1) is 17.9 Å². The lowest BCUT2D eigenvalue weighted by Gasteiger charge is -2.28. The number of rotatable bonds is 6. The average Bonchev–Trinajstić information content (AvgIpc) is 2.59. The van der Waals surface area contributed by atoms with E-state index in [0.717, 1.165) is 48.5 Å². The molecule has 0 unspecified atom stereocenters. The number of para-hydroxylation sites is 1. The number of ether oxygens (including phenoxy) is 1. The fourth-order valence-electron chi connectivity index (χ4n) is 3.23. The molecule has 134 valence electrons. The van der Waals surface area contributed by atoms with Crippen molar-refractivity contribution in [2.45, 2.75) is 46.2 Å². The largest absolute Gasteiger partial charge is 0.504 e. The number of phenolic OH excluding ortho intramolecular Hbond substituents is 1. The number of benzene rings is 1. The second kappa shape index (κ2) is 7.70. The number of hydrogen-bond donors (Lipinski definition) is 2.